The van der Waals surface area contributed by atoms with Crippen molar-refractivity contribution < 1.29 is 4.79 Å². The molecular weight excluding hydrogens is 154 g/mol. The molecule has 0 aromatic carbocycles. The molecule has 0 aliphatic rings. The van der Waals surface area contributed by atoms with Crippen molar-refractivity contribution in [3.05, 3.63) is 24.4 Å². The fourth-order valence-corrected chi connectivity index (χ4v) is 0.698. The Kier molecular flexibility index (Phi) is 4.45. The SMILES string of the molecule is C=CN=C(N)/C(=C\C)C(=O)NC. The summed E-state index contributed by atoms with van der Waals surface area (Å²) in [5.41, 5.74) is 5.82. The lowest BCUT2D eigenvalue weighted by Crippen LogP contribution is -2.28. The van der Waals surface area contributed by atoms with Gasteiger partial charge in [0.15, 0.2) is 0 Å². The molecule has 0 aliphatic heterocycles. The lowest BCUT2D eigenvalue weighted by Gasteiger charge is -2.02. The Morgan fingerprint density at radius 1 is 1.67 bits per heavy atom. The molecule has 1 amide bonds. The largest absolute Gasteiger partial charge is 0.383 e. The molecule has 3 N–H and O–H groups in total. The average Bonchev–Trinajstić information content (AvgIpc) is 2.06. The van der Waals surface area contributed by atoms with Crippen LogP contribution in [0, 0.1) is 0 Å². The minimum atomic E-state index is -0.249. The summed E-state index contributed by atoms with van der Waals surface area (Å²) < 4.78 is 0. The fourth-order valence-electron chi connectivity index (χ4n) is 0.698. The molecule has 0 atom stereocenters. The van der Waals surface area contributed by atoms with Crippen LogP contribution in [0.2, 0.25) is 0 Å². The van der Waals surface area contributed by atoms with Crippen LogP contribution in [0.5, 0.6) is 0 Å². The van der Waals surface area contributed by atoms with E-state index >= 15 is 0 Å². The van der Waals surface area contributed by atoms with Crippen molar-refractivity contribution in [3.8, 4) is 0 Å². The predicted octanol–water partition coefficient (Wildman–Crippen LogP) is 0.179. The molecule has 12 heavy (non-hydrogen) atoms. The third kappa shape index (κ3) is 2.57. The van der Waals surface area contributed by atoms with Gasteiger partial charge in [0, 0.05) is 13.2 Å². The minimum Gasteiger partial charge on any atom is -0.383 e. The second-order valence-corrected chi connectivity index (χ2v) is 1.98. The van der Waals surface area contributed by atoms with Crippen molar-refractivity contribution in [3.63, 3.8) is 0 Å². The van der Waals surface area contributed by atoms with Crippen molar-refractivity contribution in [2.45, 2.75) is 6.92 Å². The molecule has 0 saturated heterocycles. The summed E-state index contributed by atoms with van der Waals surface area (Å²) in [6.07, 6.45) is 2.89. The average molecular weight is 167 g/mol. The van der Waals surface area contributed by atoms with Gasteiger partial charge < -0.3 is 11.1 Å². The molecule has 0 rings (SSSR count). The summed E-state index contributed by atoms with van der Waals surface area (Å²) in [6, 6.07) is 0. The van der Waals surface area contributed by atoms with Gasteiger partial charge in [-0.05, 0) is 6.92 Å². The van der Waals surface area contributed by atoms with E-state index in [9.17, 15) is 4.79 Å². The summed E-state index contributed by atoms with van der Waals surface area (Å²) in [4.78, 5) is 14.8. The number of likely N-dealkylation sites (N-methyl/N-ethyl adjacent to an activating group) is 1. The van der Waals surface area contributed by atoms with E-state index in [-0.39, 0.29) is 11.7 Å². The van der Waals surface area contributed by atoms with Crippen LogP contribution in [-0.2, 0) is 4.79 Å². The van der Waals surface area contributed by atoms with E-state index < -0.39 is 0 Å². The number of hydrogen-bond donors (Lipinski definition) is 2. The van der Waals surface area contributed by atoms with Gasteiger partial charge in [0.25, 0.3) is 5.91 Å². The zero-order valence-electron chi connectivity index (χ0n) is 7.29. The summed E-state index contributed by atoms with van der Waals surface area (Å²) >= 11 is 0. The molecular formula is C8H13N3O. The molecule has 0 radical (unpaired) electrons. The van der Waals surface area contributed by atoms with Gasteiger partial charge in [0.2, 0.25) is 0 Å². The number of aliphatic imine (C=N–C) groups is 1. The predicted molar refractivity (Wildman–Crippen MR) is 49.6 cm³/mol. The quantitative estimate of drug-likeness (QED) is 0.357. The molecule has 4 nitrogen and oxygen atoms in total. The van der Waals surface area contributed by atoms with Gasteiger partial charge in [-0.1, -0.05) is 12.7 Å². The van der Waals surface area contributed by atoms with Gasteiger partial charge >= 0.3 is 0 Å². The first kappa shape index (κ1) is 10.4. The first-order valence-electron chi connectivity index (χ1n) is 3.50. The van der Waals surface area contributed by atoms with Gasteiger partial charge in [-0.3, -0.25) is 4.79 Å². The second-order valence-electron chi connectivity index (χ2n) is 1.98. The van der Waals surface area contributed by atoms with E-state index in [0.29, 0.717) is 5.57 Å². The maximum Gasteiger partial charge on any atom is 0.254 e. The van der Waals surface area contributed by atoms with E-state index in [1.807, 2.05) is 0 Å². The number of nitrogens with one attached hydrogen (secondary N) is 1. The monoisotopic (exact) mass is 167 g/mol. The lowest BCUT2D eigenvalue weighted by atomic mass is 10.2. The summed E-state index contributed by atoms with van der Waals surface area (Å²) in [5.74, 6) is -0.0764. The number of carbonyl (C=O) groups excluding carboxylic acids is 1. The highest BCUT2D eigenvalue weighted by molar-refractivity contribution is 6.20. The van der Waals surface area contributed by atoms with Gasteiger partial charge in [-0.2, -0.15) is 0 Å². The number of rotatable bonds is 3. The number of nitrogens with zero attached hydrogens (tertiary/aromatic N) is 1. The van der Waals surface area contributed by atoms with Crippen LogP contribution in [0.1, 0.15) is 6.92 Å². The molecule has 0 unspecified atom stereocenters. The molecule has 0 spiro atoms. The Hall–Kier alpha value is -1.58. The first-order valence-corrected chi connectivity index (χ1v) is 3.50. The Labute approximate surface area is 71.9 Å². The van der Waals surface area contributed by atoms with Crippen LogP contribution < -0.4 is 11.1 Å². The third-order valence-corrected chi connectivity index (χ3v) is 1.27. The van der Waals surface area contributed by atoms with E-state index in [0.717, 1.165) is 0 Å². The number of hydrogen-bond acceptors (Lipinski definition) is 2. The van der Waals surface area contributed by atoms with Gasteiger partial charge in [0.1, 0.15) is 5.84 Å². The van der Waals surface area contributed by atoms with Gasteiger partial charge in [-0.15, -0.1) is 0 Å². The van der Waals surface area contributed by atoms with Crippen molar-refractivity contribution in [2.75, 3.05) is 7.05 Å². The number of allylic oxidation sites excluding steroid dienone is 1. The number of amides is 1. The molecule has 4 heteroatoms. The van der Waals surface area contributed by atoms with Crippen LogP contribution >= 0.6 is 0 Å². The molecule has 0 heterocycles. The summed E-state index contributed by atoms with van der Waals surface area (Å²) in [5, 5.41) is 2.45. The lowest BCUT2D eigenvalue weighted by molar-refractivity contribution is -0.116. The standard InChI is InChI=1S/C8H13N3O/c1-4-6(8(12)10-3)7(9)11-5-2/h4-5H,2H2,1,3H3,(H2,9,11)(H,10,12)/b6-4+. The number of amidine groups is 1. The Balaban J connectivity index is 4.70. The number of carbonyl (C=O) groups is 1. The Morgan fingerprint density at radius 3 is 2.58 bits per heavy atom. The van der Waals surface area contributed by atoms with Crippen molar-refractivity contribution in [2.24, 2.45) is 10.7 Å². The molecule has 0 fully saturated rings. The Morgan fingerprint density at radius 2 is 2.25 bits per heavy atom. The normalized spacial score (nSPS) is 12.5. The molecule has 0 aromatic heterocycles. The van der Waals surface area contributed by atoms with E-state index in [2.05, 4.69) is 16.9 Å². The van der Waals surface area contributed by atoms with Crippen molar-refractivity contribution >= 4 is 11.7 Å². The molecule has 0 saturated carbocycles. The van der Waals surface area contributed by atoms with Gasteiger partial charge in [-0.25, -0.2) is 4.99 Å². The van der Waals surface area contributed by atoms with E-state index in [1.54, 1.807) is 13.0 Å². The van der Waals surface area contributed by atoms with E-state index in [1.165, 1.54) is 13.2 Å². The highest BCUT2D eigenvalue weighted by Crippen LogP contribution is 1.94. The molecule has 0 bridgehead atoms. The Bertz CT molecular complexity index is 241. The first-order chi connectivity index (χ1) is 5.67. The number of nitrogens with two attached hydrogens (primary N) is 1. The fraction of sp³-hybridized carbons (Fsp3) is 0.250. The maximum atomic E-state index is 11.1. The summed E-state index contributed by atoms with van der Waals surface area (Å²) in [7, 11) is 1.53. The molecule has 0 aliphatic carbocycles. The van der Waals surface area contributed by atoms with Crippen molar-refractivity contribution in [1.29, 1.82) is 0 Å². The zero-order valence-corrected chi connectivity index (χ0v) is 7.29. The van der Waals surface area contributed by atoms with E-state index in [4.69, 9.17) is 5.73 Å². The third-order valence-electron chi connectivity index (χ3n) is 1.27. The van der Waals surface area contributed by atoms with Crippen molar-refractivity contribution in [1.82, 2.24) is 5.32 Å². The highest BCUT2D eigenvalue weighted by Gasteiger charge is 2.08. The second kappa shape index (κ2) is 5.12. The van der Waals surface area contributed by atoms with Gasteiger partial charge in [0.05, 0.1) is 5.57 Å². The molecule has 0 aromatic rings. The maximum absolute atomic E-state index is 11.1. The minimum absolute atomic E-state index is 0.173. The van der Waals surface area contributed by atoms with Crippen LogP contribution in [-0.4, -0.2) is 18.8 Å². The van der Waals surface area contributed by atoms with Crippen LogP contribution in [0.15, 0.2) is 29.4 Å². The topological polar surface area (TPSA) is 67.5 Å². The zero-order chi connectivity index (χ0) is 9.56. The smallest absolute Gasteiger partial charge is 0.254 e. The highest BCUT2D eigenvalue weighted by atomic mass is 16.1. The van der Waals surface area contributed by atoms with Crippen LogP contribution in [0.4, 0.5) is 0 Å². The summed E-state index contributed by atoms with van der Waals surface area (Å²) in [6.45, 7) is 5.09. The van der Waals surface area contributed by atoms with Crippen LogP contribution in [0.3, 0.4) is 0 Å². The molecule has 66 valence electrons. The van der Waals surface area contributed by atoms with Crippen LogP contribution in [0.25, 0.3) is 0 Å².